The minimum Gasteiger partial charge on any atom is -0.480 e. The Labute approximate surface area is 337 Å². The molecule has 0 spiro atoms. The SMILES string of the molecule is CC(C)[C@H](NC(=O)[C@H](CCCCN)NC(=O)CNC(=O)[C@H](Cc1c[nH]c2ccccc12)NC(=O)[C@H](Cc1ccccc1)NC(=O)[C@H](C)NC(=O)[C@@H](N)[C@@H](C)O)C(=O)O. The van der Waals surface area contributed by atoms with Gasteiger partial charge in [0.15, 0.2) is 0 Å². The van der Waals surface area contributed by atoms with Gasteiger partial charge >= 0.3 is 5.97 Å². The summed E-state index contributed by atoms with van der Waals surface area (Å²) in [5.41, 5.74) is 13.5. The number of carbonyl (C=O) groups is 7. The third-order valence-corrected chi connectivity index (χ3v) is 9.47. The molecule has 2 aromatic carbocycles. The van der Waals surface area contributed by atoms with E-state index in [9.17, 15) is 43.8 Å². The van der Waals surface area contributed by atoms with Crippen LogP contribution < -0.4 is 43.4 Å². The number of hydrogen-bond donors (Lipinski definition) is 11. The Kier molecular flexibility index (Phi) is 18.3. The molecular formula is C40H57N9O9. The van der Waals surface area contributed by atoms with Gasteiger partial charge in [-0.25, -0.2) is 4.79 Å². The van der Waals surface area contributed by atoms with E-state index in [-0.39, 0.29) is 19.3 Å². The molecule has 1 aromatic heterocycles. The average Bonchev–Trinajstić information content (AvgIpc) is 3.60. The van der Waals surface area contributed by atoms with Crippen molar-refractivity contribution in [1.82, 2.24) is 36.9 Å². The van der Waals surface area contributed by atoms with Gasteiger partial charge in [-0.2, -0.15) is 0 Å². The van der Waals surface area contributed by atoms with Gasteiger partial charge in [-0.1, -0.05) is 62.4 Å². The van der Waals surface area contributed by atoms with Gasteiger partial charge in [0.25, 0.3) is 0 Å². The first-order valence-electron chi connectivity index (χ1n) is 19.3. The van der Waals surface area contributed by atoms with E-state index in [2.05, 4.69) is 36.9 Å². The number of aromatic amines is 1. The molecule has 7 atom stereocenters. The Morgan fingerprint density at radius 3 is 1.97 bits per heavy atom. The number of aliphatic hydroxyl groups excluding tert-OH is 1. The van der Waals surface area contributed by atoms with E-state index in [1.54, 1.807) is 50.4 Å². The van der Waals surface area contributed by atoms with E-state index < -0.39 is 96.2 Å². The predicted molar refractivity (Wildman–Crippen MR) is 216 cm³/mol. The van der Waals surface area contributed by atoms with Crippen molar-refractivity contribution < 1.29 is 43.8 Å². The standard InChI is InChI=1S/C40H57N9O9/c1-22(2)34(40(57)58)49-37(54)29(16-10-11-17-41)46-32(51)21-44-36(53)31(19-26-20-43-28-15-9-8-14-27(26)28)48-38(55)30(18-25-12-6-5-7-13-25)47-35(52)23(3)45-39(56)33(42)24(4)50/h5-9,12-15,20,22-24,29-31,33-34,43,50H,10-11,16-19,21,41-42H2,1-4H3,(H,44,53)(H,45,56)(H,46,51)(H,47,52)(H,48,55)(H,49,54)(H,57,58)/t23-,24+,29-,30-,31-,33-,34-/m0/s1. The number of unbranched alkanes of at least 4 members (excludes halogenated alkanes) is 1. The molecule has 0 aliphatic carbocycles. The molecule has 0 aliphatic rings. The van der Waals surface area contributed by atoms with E-state index in [0.29, 0.717) is 30.5 Å². The number of rotatable bonds is 23. The lowest BCUT2D eigenvalue weighted by Gasteiger charge is -2.25. The van der Waals surface area contributed by atoms with Crippen LogP contribution in [0.2, 0.25) is 0 Å². The normalized spacial score (nSPS) is 14.8. The second-order valence-electron chi connectivity index (χ2n) is 14.6. The average molecular weight is 808 g/mol. The topological polar surface area (TPSA) is 300 Å². The second kappa shape index (κ2) is 22.8. The largest absolute Gasteiger partial charge is 0.480 e. The number of benzene rings is 2. The summed E-state index contributed by atoms with van der Waals surface area (Å²) in [6.07, 6.45) is 1.66. The maximum absolute atomic E-state index is 14.1. The van der Waals surface area contributed by atoms with Crippen LogP contribution in [0.25, 0.3) is 10.9 Å². The maximum atomic E-state index is 14.1. The number of nitrogens with one attached hydrogen (secondary N) is 7. The number of fused-ring (bicyclic) bond motifs is 1. The lowest BCUT2D eigenvalue weighted by Crippen LogP contribution is -2.59. The lowest BCUT2D eigenvalue weighted by atomic mass is 10.0. The summed E-state index contributed by atoms with van der Waals surface area (Å²) in [6.45, 7) is 5.74. The fourth-order valence-corrected chi connectivity index (χ4v) is 6.02. The number of hydrogen-bond acceptors (Lipinski definition) is 10. The summed E-state index contributed by atoms with van der Waals surface area (Å²) in [6, 6.07) is 8.85. The first-order chi connectivity index (χ1) is 27.5. The molecule has 0 saturated carbocycles. The zero-order valence-electron chi connectivity index (χ0n) is 33.2. The molecule has 0 aliphatic heterocycles. The fraction of sp³-hybridized carbons (Fsp3) is 0.475. The number of carbonyl (C=O) groups excluding carboxylic acids is 6. The van der Waals surface area contributed by atoms with Crippen LogP contribution in [0.4, 0.5) is 0 Å². The van der Waals surface area contributed by atoms with E-state index in [0.717, 1.165) is 10.9 Å². The number of aliphatic hydroxyl groups is 1. The smallest absolute Gasteiger partial charge is 0.326 e. The Balaban J connectivity index is 1.84. The van der Waals surface area contributed by atoms with Gasteiger partial charge in [-0.05, 0) is 62.8 Å². The second-order valence-corrected chi connectivity index (χ2v) is 14.6. The van der Waals surface area contributed by atoms with Crippen molar-refractivity contribution in [3.63, 3.8) is 0 Å². The monoisotopic (exact) mass is 807 g/mol. The molecule has 18 nitrogen and oxygen atoms in total. The molecule has 0 unspecified atom stereocenters. The third-order valence-electron chi connectivity index (χ3n) is 9.47. The van der Waals surface area contributed by atoms with Crippen LogP contribution in [0, 0.1) is 5.92 Å². The Hall–Kier alpha value is -5.85. The van der Waals surface area contributed by atoms with Gasteiger partial charge in [0.1, 0.15) is 36.3 Å². The Bertz CT molecular complexity index is 1870. The minimum absolute atomic E-state index is 0.00323. The highest BCUT2D eigenvalue weighted by molar-refractivity contribution is 5.97. The number of H-pyrrole nitrogens is 1. The molecule has 13 N–H and O–H groups in total. The van der Waals surface area contributed by atoms with Crippen molar-refractivity contribution in [1.29, 1.82) is 0 Å². The first-order valence-corrected chi connectivity index (χ1v) is 19.3. The quantitative estimate of drug-likeness (QED) is 0.0522. The van der Waals surface area contributed by atoms with Gasteiger partial charge in [0, 0.05) is 29.9 Å². The summed E-state index contributed by atoms with van der Waals surface area (Å²) >= 11 is 0. The number of amides is 6. The molecule has 6 amide bonds. The van der Waals surface area contributed by atoms with Gasteiger partial charge in [0.05, 0.1) is 12.6 Å². The van der Waals surface area contributed by atoms with Crippen molar-refractivity contribution in [3.05, 3.63) is 71.9 Å². The van der Waals surface area contributed by atoms with Gasteiger partial charge in [-0.3, -0.25) is 28.8 Å². The molecule has 0 radical (unpaired) electrons. The number of carboxylic acids is 1. The third kappa shape index (κ3) is 14.3. The molecule has 0 fully saturated rings. The molecule has 58 heavy (non-hydrogen) atoms. The molecule has 0 saturated heterocycles. The summed E-state index contributed by atoms with van der Waals surface area (Å²) in [4.78, 5) is 94.9. The molecular weight excluding hydrogens is 750 g/mol. The van der Waals surface area contributed by atoms with Gasteiger partial charge < -0.3 is 58.6 Å². The summed E-state index contributed by atoms with van der Waals surface area (Å²) in [5, 5.41) is 35.5. The Morgan fingerprint density at radius 2 is 1.33 bits per heavy atom. The van der Waals surface area contributed by atoms with E-state index in [1.807, 2.05) is 24.3 Å². The van der Waals surface area contributed by atoms with E-state index >= 15 is 0 Å². The maximum Gasteiger partial charge on any atom is 0.326 e. The minimum atomic E-state index is -1.29. The molecule has 0 bridgehead atoms. The van der Waals surface area contributed by atoms with Gasteiger partial charge in [-0.15, -0.1) is 0 Å². The zero-order chi connectivity index (χ0) is 42.9. The highest BCUT2D eigenvalue weighted by atomic mass is 16.4. The highest BCUT2D eigenvalue weighted by Gasteiger charge is 2.32. The molecule has 1 heterocycles. The number of nitrogens with two attached hydrogens (primary N) is 2. The zero-order valence-corrected chi connectivity index (χ0v) is 33.2. The van der Waals surface area contributed by atoms with Crippen LogP contribution in [0.1, 0.15) is 58.1 Å². The van der Waals surface area contributed by atoms with Crippen molar-refractivity contribution in [2.45, 2.75) is 102 Å². The lowest BCUT2D eigenvalue weighted by molar-refractivity contribution is -0.143. The van der Waals surface area contributed by atoms with Crippen LogP contribution >= 0.6 is 0 Å². The van der Waals surface area contributed by atoms with Crippen molar-refractivity contribution in [2.24, 2.45) is 17.4 Å². The predicted octanol–water partition coefficient (Wildman–Crippen LogP) is -0.909. The van der Waals surface area contributed by atoms with Crippen LogP contribution in [-0.2, 0) is 46.4 Å². The first kappa shape index (κ1) is 46.5. The molecule has 3 rings (SSSR count). The van der Waals surface area contributed by atoms with Crippen LogP contribution in [-0.4, -0.2) is 112 Å². The van der Waals surface area contributed by atoms with E-state index in [4.69, 9.17) is 11.5 Å². The van der Waals surface area contributed by atoms with Crippen LogP contribution in [0.5, 0.6) is 0 Å². The summed E-state index contributed by atoms with van der Waals surface area (Å²) < 4.78 is 0. The number of para-hydroxylation sites is 1. The fourth-order valence-electron chi connectivity index (χ4n) is 6.02. The van der Waals surface area contributed by atoms with Crippen LogP contribution in [0.3, 0.4) is 0 Å². The molecule has 18 heteroatoms. The summed E-state index contributed by atoms with van der Waals surface area (Å²) in [5.74, 6) is -6.10. The van der Waals surface area contributed by atoms with E-state index in [1.165, 1.54) is 13.8 Å². The Morgan fingerprint density at radius 1 is 0.707 bits per heavy atom. The van der Waals surface area contributed by atoms with Gasteiger partial charge in [0.2, 0.25) is 35.4 Å². The van der Waals surface area contributed by atoms with Crippen molar-refractivity contribution in [3.8, 4) is 0 Å². The molecule has 3 aromatic rings. The highest BCUT2D eigenvalue weighted by Crippen LogP contribution is 2.19. The van der Waals surface area contributed by atoms with Crippen molar-refractivity contribution in [2.75, 3.05) is 13.1 Å². The number of aromatic nitrogens is 1. The molecule has 316 valence electrons. The number of carboxylic acid groups (broad SMARTS) is 1. The summed E-state index contributed by atoms with van der Waals surface area (Å²) in [7, 11) is 0. The number of aliphatic carboxylic acids is 1. The van der Waals surface area contributed by atoms with Crippen molar-refractivity contribution >= 4 is 52.3 Å². The van der Waals surface area contributed by atoms with Crippen LogP contribution in [0.15, 0.2) is 60.8 Å².